The Bertz CT molecular complexity index is 358. The molecule has 0 amide bonds. The largest absolute Gasteiger partial charge is 0.255 e. The van der Waals surface area contributed by atoms with Crippen molar-refractivity contribution in [3.8, 4) is 0 Å². The molecule has 21 heavy (non-hydrogen) atoms. The van der Waals surface area contributed by atoms with Gasteiger partial charge in [0.05, 0.1) is 5.69 Å². The second-order valence-corrected chi connectivity index (χ2v) is 6.99. The summed E-state index contributed by atoms with van der Waals surface area (Å²) in [6, 6.07) is 0. The van der Waals surface area contributed by atoms with Gasteiger partial charge in [-0.25, -0.2) is 0 Å². The van der Waals surface area contributed by atoms with Crippen molar-refractivity contribution in [1.29, 1.82) is 0 Å². The van der Waals surface area contributed by atoms with Gasteiger partial charge in [0.2, 0.25) is 0 Å². The quantitative estimate of drug-likeness (QED) is 0.489. The monoisotopic (exact) mass is 293 g/mol. The maximum absolute atomic E-state index is 4.30. The van der Waals surface area contributed by atoms with Gasteiger partial charge in [0.1, 0.15) is 0 Å². The van der Waals surface area contributed by atoms with Gasteiger partial charge in [-0.15, -0.1) is 5.10 Å². The van der Waals surface area contributed by atoms with E-state index >= 15 is 0 Å². The van der Waals surface area contributed by atoms with Gasteiger partial charge in [0, 0.05) is 13.2 Å². The van der Waals surface area contributed by atoms with Crippen molar-refractivity contribution in [2.45, 2.75) is 91.4 Å². The Labute approximate surface area is 131 Å². The summed E-state index contributed by atoms with van der Waals surface area (Å²) in [6.45, 7) is 7.02. The second kappa shape index (κ2) is 9.97. The van der Waals surface area contributed by atoms with Gasteiger partial charge in [-0.1, -0.05) is 77.4 Å². The molecule has 0 unspecified atom stereocenters. The Kier molecular flexibility index (Phi) is 8.63. The van der Waals surface area contributed by atoms with Crippen LogP contribution >= 0.6 is 0 Å². The molecule has 0 saturated heterocycles. The van der Waals surface area contributed by atoms with Crippen LogP contribution in [0.4, 0.5) is 0 Å². The fourth-order valence-corrected chi connectivity index (χ4v) is 3.17. The summed E-state index contributed by atoms with van der Waals surface area (Å²) in [6.07, 6.45) is 16.7. The van der Waals surface area contributed by atoms with E-state index in [0.29, 0.717) is 5.41 Å². The van der Waals surface area contributed by atoms with Gasteiger partial charge >= 0.3 is 0 Å². The number of rotatable bonds is 12. The van der Waals surface area contributed by atoms with Crippen molar-refractivity contribution in [1.82, 2.24) is 15.0 Å². The molecule has 1 rings (SSSR count). The van der Waals surface area contributed by atoms with E-state index in [4.69, 9.17) is 0 Å². The first kappa shape index (κ1) is 18.2. The van der Waals surface area contributed by atoms with Crippen LogP contribution < -0.4 is 0 Å². The molecule has 0 radical (unpaired) electrons. The predicted octanol–water partition coefficient (Wildman–Crippen LogP) is 5.30. The molecule has 0 spiro atoms. The Morgan fingerprint density at radius 1 is 0.952 bits per heavy atom. The third kappa shape index (κ3) is 7.63. The molecule has 0 aromatic carbocycles. The van der Waals surface area contributed by atoms with Crippen LogP contribution in [0.3, 0.4) is 0 Å². The van der Waals surface area contributed by atoms with Crippen LogP contribution in [0.2, 0.25) is 0 Å². The standard InChI is InChI=1S/C18H35N3/c1-5-7-9-11-13-18(3,14-12-10-8-6-2)15-17-16-21(4)20-19-17/h16H,5-15H2,1-4H3. The topological polar surface area (TPSA) is 30.7 Å². The maximum Gasteiger partial charge on any atom is 0.0832 e. The fraction of sp³-hybridized carbons (Fsp3) is 0.889. The lowest BCUT2D eigenvalue weighted by atomic mass is 9.76. The minimum atomic E-state index is 0.400. The lowest BCUT2D eigenvalue weighted by molar-refractivity contribution is 0.247. The Morgan fingerprint density at radius 3 is 1.95 bits per heavy atom. The van der Waals surface area contributed by atoms with E-state index in [2.05, 4.69) is 37.3 Å². The zero-order chi connectivity index (χ0) is 15.6. The van der Waals surface area contributed by atoms with Gasteiger partial charge < -0.3 is 0 Å². The van der Waals surface area contributed by atoms with Crippen LogP contribution in [0.5, 0.6) is 0 Å². The number of aryl methyl sites for hydroxylation is 1. The van der Waals surface area contributed by atoms with Crippen molar-refractivity contribution >= 4 is 0 Å². The van der Waals surface area contributed by atoms with Gasteiger partial charge in [0.25, 0.3) is 0 Å². The Morgan fingerprint density at radius 2 is 1.52 bits per heavy atom. The molecule has 0 aliphatic rings. The van der Waals surface area contributed by atoms with Crippen molar-refractivity contribution in [3.63, 3.8) is 0 Å². The molecule has 1 aromatic heterocycles. The van der Waals surface area contributed by atoms with E-state index in [9.17, 15) is 0 Å². The maximum atomic E-state index is 4.30. The van der Waals surface area contributed by atoms with Crippen LogP contribution in [0.15, 0.2) is 6.20 Å². The minimum Gasteiger partial charge on any atom is -0.255 e. The lowest BCUT2D eigenvalue weighted by Gasteiger charge is -2.29. The Balaban J connectivity index is 2.50. The molecule has 0 atom stereocenters. The lowest BCUT2D eigenvalue weighted by Crippen LogP contribution is -2.20. The fourth-order valence-electron chi connectivity index (χ4n) is 3.17. The molecule has 3 heteroatoms. The number of aromatic nitrogens is 3. The van der Waals surface area contributed by atoms with E-state index in [0.717, 1.165) is 12.1 Å². The second-order valence-electron chi connectivity index (χ2n) is 6.99. The van der Waals surface area contributed by atoms with Gasteiger partial charge in [-0.2, -0.15) is 0 Å². The number of hydrogen-bond acceptors (Lipinski definition) is 2. The Hall–Kier alpha value is -0.860. The minimum absolute atomic E-state index is 0.400. The molecule has 0 aliphatic heterocycles. The highest BCUT2D eigenvalue weighted by Gasteiger charge is 2.25. The highest BCUT2D eigenvalue weighted by atomic mass is 15.4. The summed E-state index contributed by atoms with van der Waals surface area (Å²) < 4.78 is 1.82. The molecule has 1 aromatic rings. The summed E-state index contributed by atoms with van der Waals surface area (Å²) >= 11 is 0. The molecule has 0 N–H and O–H groups in total. The van der Waals surface area contributed by atoms with E-state index in [-0.39, 0.29) is 0 Å². The highest BCUT2D eigenvalue weighted by molar-refractivity contribution is 4.97. The van der Waals surface area contributed by atoms with Crippen molar-refractivity contribution < 1.29 is 0 Å². The molecule has 122 valence electrons. The van der Waals surface area contributed by atoms with Crippen molar-refractivity contribution in [3.05, 3.63) is 11.9 Å². The first-order valence-corrected chi connectivity index (χ1v) is 8.95. The number of hydrogen-bond donors (Lipinski definition) is 0. The summed E-state index contributed by atoms with van der Waals surface area (Å²) in [4.78, 5) is 0. The summed E-state index contributed by atoms with van der Waals surface area (Å²) in [5.41, 5.74) is 1.56. The average molecular weight is 293 g/mol. The smallest absolute Gasteiger partial charge is 0.0832 e. The summed E-state index contributed by atoms with van der Waals surface area (Å²) in [7, 11) is 1.95. The summed E-state index contributed by atoms with van der Waals surface area (Å²) in [5.74, 6) is 0. The van der Waals surface area contributed by atoms with Crippen molar-refractivity contribution in [2.24, 2.45) is 12.5 Å². The number of nitrogens with zero attached hydrogens (tertiary/aromatic N) is 3. The normalized spacial score (nSPS) is 12.0. The molecule has 0 bridgehead atoms. The van der Waals surface area contributed by atoms with Crippen LogP contribution in [0.25, 0.3) is 0 Å². The molecule has 1 heterocycles. The zero-order valence-corrected chi connectivity index (χ0v) is 14.7. The molecule has 0 fully saturated rings. The third-order valence-electron chi connectivity index (χ3n) is 4.53. The van der Waals surface area contributed by atoms with E-state index in [1.807, 2.05) is 11.7 Å². The van der Waals surface area contributed by atoms with Crippen LogP contribution in [0, 0.1) is 5.41 Å². The molecular formula is C18H35N3. The van der Waals surface area contributed by atoms with Gasteiger partial charge in [0.15, 0.2) is 0 Å². The van der Waals surface area contributed by atoms with Gasteiger partial charge in [-0.3, -0.25) is 4.68 Å². The molecule has 3 nitrogen and oxygen atoms in total. The summed E-state index contributed by atoms with van der Waals surface area (Å²) in [5, 5.41) is 8.39. The first-order chi connectivity index (χ1) is 10.1. The van der Waals surface area contributed by atoms with Gasteiger partial charge in [-0.05, 0) is 24.7 Å². The van der Waals surface area contributed by atoms with E-state index in [1.54, 1.807) is 0 Å². The van der Waals surface area contributed by atoms with Crippen LogP contribution in [0.1, 0.15) is 90.7 Å². The van der Waals surface area contributed by atoms with E-state index in [1.165, 1.54) is 64.2 Å². The van der Waals surface area contributed by atoms with Crippen LogP contribution in [-0.4, -0.2) is 15.0 Å². The van der Waals surface area contributed by atoms with Crippen LogP contribution in [-0.2, 0) is 13.5 Å². The predicted molar refractivity (Wildman–Crippen MR) is 90.3 cm³/mol. The molecule has 0 aliphatic carbocycles. The zero-order valence-electron chi connectivity index (χ0n) is 14.7. The SMILES string of the molecule is CCCCCCC(C)(CCCCCC)Cc1cn(C)nn1. The average Bonchev–Trinajstić information content (AvgIpc) is 2.85. The highest BCUT2D eigenvalue weighted by Crippen LogP contribution is 2.34. The molecule has 0 saturated carbocycles. The van der Waals surface area contributed by atoms with E-state index < -0.39 is 0 Å². The van der Waals surface area contributed by atoms with Crippen molar-refractivity contribution in [2.75, 3.05) is 0 Å². The number of unbranched alkanes of at least 4 members (excludes halogenated alkanes) is 6. The third-order valence-corrected chi connectivity index (χ3v) is 4.53. The first-order valence-electron chi connectivity index (χ1n) is 8.95. The molecular weight excluding hydrogens is 258 g/mol.